The summed E-state index contributed by atoms with van der Waals surface area (Å²) in [5.74, 6) is 0. The highest BCUT2D eigenvalue weighted by atomic mass is 79.9. The number of hydrogen-bond acceptors (Lipinski definition) is 2. The first kappa shape index (κ1) is 13.4. The lowest BCUT2D eigenvalue weighted by atomic mass is 10.2. The smallest absolute Gasteiger partial charge is 0.323 e. The Morgan fingerprint density at radius 1 is 1.16 bits per heavy atom. The van der Waals surface area contributed by atoms with Crippen molar-refractivity contribution < 1.29 is 4.79 Å². The molecule has 0 aliphatic rings. The number of nitrogens with one attached hydrogen (secondary N) is 2. The van der Waals surface area contributed by atoms with Crippen molar-refractivity contribution in [1.82, 2.24) is 0 Å². The minimum absolute atomic E-state index is 0.308. The lowest BCUT2D eigenvalue weighted by Crippen LogP contribution is -2.19. The Morgan fingerprint density at radius 3 is 2.68 bits per heavy atom. The third kappa shape index (κ3) is 3.72. The maximum Gasteiger partial charge on any atom is 0.323 e. The lowest BCUT2D eigenvalue weighted by molar-refractivity contribution is 0.262. The Labute approximate surface area is 120 Å². The fourth-order valence-corrected chi connectivity index (χ4v) is 1.99. The van der Waals surface area contributed by atoms with Gasteiger partial charge in [0.2, 0.25) is 0 Å². The summed E-state index contributed by atoms with van der Waals surface area (Å²) < 4.78 is 0.779. The average Bonchev–Trinajstić information content (AvgIpc) is 2.34. The van der Waals surface area contributed by atoms with Crippen LogP contribution in [0.1, 0.15) is 5.56 Å². The van der Waals surface area contributed by atoms with Crippen LogP contribution in [0.15, 0.2) is 46.9 Å². The number of amides is 2. The van der Waals surface area contributed by atoms with Gasteiger partial charge in [-0.3, -0.25) is 0 Å². The second-order valence-electron chi connectivity index (χ2n) is 4.19. The van der Waals surface area contributed by atoms with Gasteiger partial charge in [-0.2, -0.15) is 0 Å². The molecule has 0 saturated heterocycles. The predicted octanol–water partition coefficient (Wildman–Crippen LogP) is 3.98. The van der Waals surface area contributed by atoms with Gasteiger partial charge >= 0.3 is 6.03 Å². The van der Waals surface area contributed by atoms with E-state index in [1.165, 1.54) is 0 Å². The Kier molecular flexibility index (Phi) is 4.06. The summed E-state index contributed by atoms with van der Waals surface area (Å²) in [5.41, 5.74) is 8.74. The molecule has 2 aromatic carbocycles. The summed E-state index contributed by atoms with van der Waals surface area (Å²) in [4.78, 5) is 11.9. The van der Waals surface area contributed by atoms with Crippen LogP contribution in [0, 0.1) is 6.92 Å². The molecular weight excluding hydrogens is 306 g/mol. The molecule has 0 aliphatic heterocycles. The molecule has 0 atom stereocenters. The summed E-state index contributed by atoms with van der Waals surface area (Å²) in [6.45, 7) is 1.97. The zero-order chi connectivity index (χ0) is 13.8. The summed E-state index contributed by atoms with van der Waals surface area (Å²) in [7, 11) is 0. The predicted molar refractivity (Wildman–Crippen MR) is 82.4 cm³/mol. The van der Waals surface area contributed by atoms with Gasteiger partial charge in [0, 0.05) is 15.8 Å². The molecule has 0 spiro atoms. The number of rotatable bonds is 2. The zero-order valence-electron chi connectivity index (χ0n) is 10.4. The highest BCUT2D eigenvalue weighted by molar-refractivity contribution is 9.10. The van der Waals surface area contributed by atoms with E-state index in [0.717, 1.165) is 15.7 Å². The summed E-state index contributed by atoms with van der Waals surface area (Å²) in [6.07, 6.45) is 0. The maximum absolute atomic E-state index is 11.9. The van der Waals surface area contributed by atoms with Crippen LogP contribution in [0.4, 0.5) is 21.9 Å². The van der Waals surface area contributed by atoms with Gasteiger partial charge in [0.05, 0.1) is 5.69 Å². The summed E-state index contributed by atoms with van der Waals surface area (Å²) in [5, 5.41) is 5.51. The van der Waals surface area contributed by atoms with Crippen molar-refractivity contribution in [2.45, 2.75) is 6.92 Å². The number of benzene rings is 2. The fourth-order valence-electron chi connectivity index (χ4n) is 1.65. The Hall–Kier alpha value is -2.01. The normalized spacial score (nSPS) is 10.0. The van der Waals surface area contributed by atoms with E-state index in [4.69, 9.17) is 5.73 Å². The molecule has 2 rings (SSSR count). The van der Waals surface area contributed by atoms with Gasteiger partial charge in [-0.15, -0.1) is 0 Å². The van der Waals surface area contributed by atoms with Crippen molar-refractivity contribution in [3.05, 3.63) is 52.5 Å². The molecule has 0 fully saturated rings. The van der Waals surface area contributed by atoms with E-state index >= 15 is 0 Å². The maximum atomic E-state index is 11.9. The number of anilines is 3. The molecule has 0 aliphatic carbocycles. The first-order chi connectivity index (χ1) is 9.04. The van der Waals surface area contributed by atoms with Crippen molar-refractivity contribution in [2.75, 3.05) is 16.4 Å². The van der Waals surface area contributed by atoms with Gasteiger partial charge in [-0.25, -0.2) is 4.79 Å². The van der Waals surface area contributed by atoms with Crippen LogP contribution < -0.4 is 16.4 Å². The van der Waals surface area contributed by atoms with Gasteiger partial charge in [-0.05, 0) is 58.7 Å². The topological polar surface area (TPSA) is 67.2 Å². The third-order valence-corrected chi connectivity index (χ3v) is 3.21. The minimum atomic E-state index is -0.308. The molecule has 0 bridgehead atoms. The van der Waals surface area contributed by atoms with Gasteiger partial charge in [0.15, 0.2) is 0 Å². The molecule has 0 radical (unpaired) electrons. The molecule has 4 N–H and O–H groups in total. The standard InChI is InChI=1S/C14H14BrN3O/c1-9-3-2-4-11(7-9)17-14(19)18-13-8-10(16)5-6-12(13)15/h2-8H,16H2,1H3,(H2,17,18,19). The Balaban J connectivity index is 2.07. The van der Waals surface area contributed by atoms with Crippen LogP contribution in [-0.4, -0.2) is 6.03 Å². The van der Waals surface area contributed by atoms with Gasteiger partial charge in [0.1, 0.15) is 0 Å². The number of nitrogen functional groups attached to an aromatic ring is 1. The molecule has 4 nitrogen and oxygen atoms in total. The molecule has 98 valence electrons. The van der Waals surface area contributed by atoms with Gasteiger partial charge in [0.25, 0.3) is 0 Å². The second-order valence-corrected chi connectivity index (χ2v) is 5.04. The van der Waals surface area contributed by atoms with E-state index in [1.807, 2.05) is 31.2 Å². The highest BCUT2D eigenvalue weighted by Gasteiger charge is 2.06. The molecule has 2 amide bonds. The van der Waals surface area contributed by atoms with Crippen molar-refractivity contribution in [2.24, 2.45) is 0 Å². The first-order valence-corrected chi connectivity index (χ1v) is 6.53. The van der Waals surface area contributed by atoms with Crippen LogP contribution in [0.2, 0.25) is 0 Å². The fraction of sp³-hybridized carbons (Fsp3) is 0.0714. The number of carbonyl (C=O) groups excluding carboxylic acids is 1. The van der Waals surface area contributed by atoms with Crippen LogP contribution in [-0.2, 0) is 0 Å². The Bertz CT molecular complexity index is 613. The lowest BCUT2D eigenvalue weighted by Gasteiger charge is -2.10. The number of halogens is 1. The van der Waals surface area contributed by atoms with E-state index in [-0.39, 0.29) is 6.03 Å². The average molecular weight is 320 g/mol. The highest BCUT2D eigenvalue weighted by Crippen LogP contribution is 2.24. The molecule has 2 aromatic rings. The quantitative estimate of drug-likeness (QED) is 0.733. The minimum Gasteiger partial charge on any atom is -0.399 e. The SMILES string of the molecule is Cc1cccc(NC(=O)Nc2cc(N)ccc2Br)c1. The van der Waals surface area contributed by atoms with E-state index in [2.05, 4.69) is 26.6 Å². The van der Waals surface area contributed by atoms with Gasteiger partial charge < -0.3 is 16.4 Å². The monoisotopic (exact) mass is 319 g/mol. The van der Waals surface area contributed by atoms with Crippen molar-refractivity contribution in [3.63, 3.8) is 0 Å². The number of carbonyl (C=O) groups is 1. The molecule has 0 aromatic heterocycles. The summed E-state index contributed by atoms with van der Waals surface area (Å²) in [6, 6.07) is 12.5. The van der Waals surface area contributed by atoms with E-state index in [1.54, 1.807) is 18.2 Å². The number of nitrogens with two attached hydrogens (primary N) is 1. The molecule has 0 heterocycles. The van der Waals surface area contributed by atoms with Crippen LogP contribution in [0.5, 0.6) is 0 Å². The largest absolute Gasteiger partial charge is 0.399 e. The molecule has 0 saturated carbocycles. The third-order valence-electron chi connectivity index (χ3n) is 2.51. The Morgan fingerprint density at radius 2 is 1.95 bits per heavy atom. The molecule has 0 unspecified atom stereocenters. The molecule has 5 heteroatoms. The van der Waals surface area contributed by atoms with Gasteiger partial charge in [-0.1, -0.05) is 12.1 Å². The summed E-state index contributed by atoms with van der Waals surface area (Å²) >= 11 is 3.36. The van der Waals surface area contributed by atoms with Crippen LogP contribution in [0.25, 0.3) is 0 Å². The number of hydrogen-bond donors (Lipinski definition) is 3. The molecule has 19 heavy (non-hydrogen) atoms. The number of aryl methyl sites for hydroxylation is 1. The zero-order valence-corrected chi connectivity index (χ0v) is 12.0. The van der Waals surface area contributed by atoms with Crippen LogP contribution >= 0.6 is 15.9 Å². The van der Waals surface area contributed by atoms with E-state index < -0.39 is 0 Å². The number of urea groups is 1. The van der Waals surface area contributed by atoms with Crippen LogP contribution in [0.3, 0.4) is 0 Å². The second kappa shape index (κ2) is 5.75. The van der Waals surface area contributed by atoms with Crippen molar-refractivity contribution >= 4 is 39.0 Å². The first-order valence-electron chi connectivity index (χ1n) is 5.74. The van der Waals surface area contributed by atoms with Crippen molar-refractivity contribution in [3.8, 4) is 0 Å². The van der Waals surface area contributed by atoms with E-state index in [9.17, 15) is 4.79 Å². The van der Waals surface area contributed by atoms with E-state index in [0.29, 0.717) is 11.4 Å². The van der Waals surface area contributed by atoms with Crippen molar-refractivity contribution in [1.29, 1.82) is 0 Å². The molecular formula is C14H14BrN3O.